The van der Waals surface area contributed by atoms with Crippen molar-refractivity contribution in [2.45, 2.75) is 0 Å². The summed E-state index contributed by atoms with van der Waals surface area (Å²) in [5.74, 6) is 1.46. The number of H-pyrrole nitrogens is 1. The first-order valence-electron chi connectivity index (χ1n) is 8.23. The highest BCUT2D eigenvalue weighted by Gasteiger charge is 2.31. The average molecular weight is 360 g/mol. The van der Waals surface area contributed by atoms with Gasteiger partial charge in [-0.2, -0.15) is 10.1 Å². The zero-order valence-corrected chi connectivity index (χ0v) is 14.8. The van der Waals surface area contributed by atoms with Crippen LogP contribution in [0.25, 0.3) is 6.08 Å². The lowest BCUT2D eigenvalue weighted by molar-refractivity contribution is 0.104. The number of allylic oxidation sites excluding steroid dienone is 1. The predicted molar refractivity (Wildman–Crippen MR) is 101 cm³/mol. The molecule has 0 spiro atoms. The van der Waals surface area contributed by atoms with Gasteiger partial charge in [0.05, 0.1) is 19.9 Å². The number of nitrogens with zero attached hydrogens (tertiary/aromatic N) is 3. The van der Waals surface area contributed by atoms with Gasteiger partial charge in [-0.3, -0.25) is 4.79 Å². The van der Waals surface area contributed by atoms with E-state index in [1.807, 2.05) is 30.3 Å². The molecular weight excluding hydrogens is 344 g/mol. The van der Waals surface area contributed by atoms with Gasteiger partial charge < -0.3 is 9.47 Å². The lowest BCUT2D eigenvalue weighted by Gasteiger charge is -2.08. The third-order valence-corrected chi connectivity index (χ3v) is 4.27. The standard InChI is InChI=1S/C20H16N4O3/c1-26-16-8-7-12(10-17(16)27-2)9-15-18(23-20-21-11-22-24-20)13-5-3-4-6-14(13)19(15)25/h3-11H,1-2H3,(H,21,22,24)/b15-9-,23-18?. The molecule has 0 radical (unpaired) electrons. The van der Waals surface area contributed by atoms with Gasteiger partial charge in [0.1, 0.15) is 6.33 Å². The molecule has 27 heavy (non-hydrogen) atoms. The molecule has 0 bridgehead atoms. The normalized spacial score (nSPS) is 16.0. The molecule has 1 N–H and O–H groups in total. The van der Waals surface area contributed by atoms with Gasteiger partial charge in [-0.15, -0.1) is 0 Å². The van der Waals surface area contributed by atoms with Gasteiger partial charge in [-0.1, -0.05) is 30.3 Å². The number of aliphatic imine (C=N–C) groups is 1. The fraction of sp³-hybridized carbons (Fsp3) is 0.100. The Balaban J connectivity index is 1.86. The maximum absolute atomic E-state index is 13.0. The zero-order chi connectivity index (χ0) is 18.8. The molecule has 1 aliphatic carbocycles. The summed E-state index contributed by atoms with van der Waals surface area (Å²) in [4.78, 5) is 21.5. The molecule has 0 unspecified atom stereocenters. The number of ketones is 1. The largest absolute Gasteiger partial charge is 0.493 e. The van der Waals surface area contributed by atoms with Crippen LogP contribution in [0.1, 0.15) is 21.5 Å². The molecule has 2 aromatic carbocycles. The van der Waals surface area contributed by atoms with E-state index in [0.29, 0.717) is 34.3 Å². The molecule has 0 aliphatic heterocycles. The van der Waals surface area contributed by atoms with Gasteiger partial charge in [0.15, 0.2) is 17.3 Å². The van der Waals surface area contributed by atoms with E-state index < -0.39 is 0 Å². The number of nitrogens with one attached hydrogen (secondary N) is 1. The van der Waals surface area contributed by atoms with Crippen molar-refractivity contribution in [3.05, 3.63) is 71.1 Å². The number of methoxy groups -OCH3 is 2. The maximum atomic E-state index is 13.0. The van der Waals surface area contributed by atoms with E-state index in [9.17, 15) is 4.79 Å². The Labute approximate surface area is 155 Å². The highest BCUT2D eigenvalue weighted by Crippen LogP contribution is 2.32. The molecule has 0 saturated carbocycles. The molecule has 1 aromatic heterocycles. The summed E-state index contributed by atoms with van der Waals surface area (Å²) in [7, 11) is 3.15. The molecule has 4 rings (SSSR count). The van der Waals surface area contributed by atoms with E-state index in [1.165, 1.54) is 6.33 Å². The molecule has 134 valence electrons. The summed E-state index contributed by atoms with van der Waals surface area (Å²) in [6.07, 6.45) is 3.17. The number of aromatic amines is 1. The van der Waals surface area contributed by atoms with Crippen LogP contribution in [0.4, 0.5) is 5.95 Å². The average Bonchev–Trinajstić information content (AvgIpc) is 3.31. The quantitative estimate of drug-likeness (QED) is 0.722. The highest BCUT2D eigenvalue weighted by atomic mass is 16.5. The lowest BCUT2D eigenvalue weighted by atomic mass is 10.1. The van der Waals surface area contributed by atoms with Gasteiger partial charge in [-0.25, -0.2) is 10.1 Å². The molecule has 0 saturated heterocycles. The molecule has 7 nitrogen and oxygen atoms in total. The van der Waals surface area contributed by atoms with Crippen molar-refractivity contribution >= 4 is 23.5 Å². The summed E-state index contributed by atoms with van der Waals surface area (Å²) in [5.41, 5.74) is 3.23. The van der Waals surface area contributed by atoms with Crippen molar-refractivity contribution in [2.24, 2.45) is 4.99 Å². The van der Waals surface area contributed by atoms with Crippen molar-refractivity contribution in [2.75, 3.05) is 14.2 Å². The Bertz CT molecular complexity index is 1070. The van der Waals surface area contributed by atoms with Crippen LogP contribution in [0.5, 0.6) is 11.5 Å². The number of ether oxygens (including phenoxy) is 2. The van der Waals surface area contributed by atoms with E-state index in [-0.39, 0.29) is 5.78 Å². The molecule has 0 amide bonds. The molecule has 0 atom stereocenters. The second-order valence-corrected chi connectivity index (χ2v) is 5.82. The van der Waals surface area contributed by atoms with E-state index in [4.69, 9.17) is 9.47 Å². The number of benzene rings is 2. The monoisotopic (exact) mass is 360 g/mol. The Hall–Kier alpha value is -3.74. The molecular formula is C20H16N4O3. The van der Waals surface area contributed by atoms with Crippen LogP contribution in [0, 0.1) is 0 Å². The Morgan fingerprint density at radius 3 is 2.52 bits per heavy atom. The first-order chi connectivity index (χ1) is 13.2. The summed E-state index contributed by atoms with van der Waals surface area (Å²) >= 11 is 0. The second-order valence-electron chi connectivity index (χ2n) is 5.82. The predicted octanol–water partition coefficient (Wildman–Crippen LogP) is 3.22. The van der Waals surface area contributed by atoms with Crippen molar-refractivity contribution in [1.82, 2.24) is 15.2 Å². The SMILES string of the molecule is COc1ccc(/C=C2\C(=O)c3ccccc3C2=Nc2ncn[nH]2)cc1OC. The number of fused-ring (bicyclic) bond motifs is 1. The molecule has 1 aliphatic rings. The minimum atomic E-state index is -0.0846. The van der Waals surface area contributed by atoms with Gasteiger partial charge >= 0.3 is 0 Å². The summed E-state index contributed by atoms with van der Waals surface area (Å²) in [5, 5.41) is 6.52. The van der Waals surface area contributed by atoms with Crippen molar-refractivity contribution in [3.63, 3.8) is 0 Å². The van der Waals surface area contributed by atoms with Crippen LogP contribution in [0.3, 0.4) is 0 Å². The second kappa shape index (κ2) is 6.87. The van der Waals surface area contributed by atoms with Crippen LogP contribution in [0.2, 0.25) is 0 Å². The van der Waals surface area contributed by atoms with Crippen LogP contribution in [0.15, 0.2) is 59.4 Å². The van der Waals surface area contributed by atoms with Gasteiger partial charge in [0, 0.05) is 16.7 Å². The van der Waals surface area contributed by atoms with Crippen molar-refractivity contribution in [1.29, 1.82) is 0 Å². The summed E-state index contributed by atoms with van der Waals surface area (Å²) in [6.45, 7) is 0. The van der Waals surface area contributed by atoms with Gasteiger partial charge in [0.2, 0.25) is 5.95 Å². The van der Waals surface area contributed by atoms with E-state index >= 15 is 0 Å². The Morgan fingerprint density at radius 2 is 1.81 bits per heavy atom. The van der Waals surface area contributed by atoms with Gasteiger partial charge in [0.25, 0.3) is 0 Å². The number of carbonyl (C=O) groups excluding carboxylic acids is 1. The molecule has 3 aromatic rings. The third-order valence-electron chi connectivity index (χ3n) is 4.27. The zero-order valence-electron chi connectivity index (χ0n) is 14.8. The molecule has 1 heterocycles. The number of hydrogen-bond acceptors (Lipinski definition) is 6. The van der Waals surface area contributed by atoms with Crippen molar-refractivity contribution in [3.8, 4) is 11.5 Å². The Morgan fingerprint density at radius 1 is 1.04 bits per heavy atom. The van der Waals surface area contributed by atoms with Crippen LogP contribution in [-0.4, -0.2) is 40.9 Å². The number of aromatic nitrogens is 3. The number of hydrogen-bond donors (Lipinski definition) is 1. The minimum absolute atomic E-state index is 0.0846. The summed E-state index contributed by atoms with van der Waals surface area (Å²) < 4.78 is 10.6. The first-order valence-corrected chi connectivity index (χ1v) is 8.23. The smallest absolute Gasteiger partial charge is 0.245 e. The lowest BCUT2D eigenvalue weighted by Crippen LogP contribution is -2.02. The first kappa shape index (κ1) is 16.7. The number of rotatable bonds is 4. The van der Waals surface area contributed by atoms with E-state index in [2.05, 4.69) is 20.2 Å². The van der Waals surface area contributed by atoms with E-state index in [0.717, 1.165) is 11.1 Å². The highest BCUT2D eigenvalue weighted by molar-refractivity contribution is 6.43. The fourth-order valence-electron chi connectivity index (χ4n) is 3.01. The fourth-order valence-corrected chi connectivity index (χ4v) is 3.01. The maximum Gasteiger partial charge on any atom is 0.245 e. The van der Waals surface area contributed by atoms with Crippen LogP contribution < -0.4 is 9.47 Å². The van der Waals surface area contributed by atoms with E-state index in [1.54, 1.807) is 32.4 Å². The Kier molecular flexibility index (Phi) is 4.25. The summed E-state index contributed by atoms with van der Waals surface area (Å²) in [6, 6.07) is 12.8. The molecule has 0 fully saturated rings. The third kappa shape index (κ3) is 2.99. The topological polar surface area (TPSA) is 89.5 Å². The van der Waals surface area contributed by atoms with Gasteiger partial charge in [-0.05, 0) is 23.8 Å². The van der Waals surface area contributed by atoms with Crippen molar-refractivity contribution < 1.29 is 14.3 Å². The minimum Gasteiger partial charge on any atom is -0.493 e. The molecule has 7 heteroatoms. The van der Waals surface area contributed by atoms with Crippen LogP contribution >= 0.6 is 0 Å². The number of carbonyl (C=O) groups is 1. The van der Waals surface area contributed by atoms with Crippen LogP contribution in [-0.2, 0) is 0 Å². The number of Topliss-reactive ketones (excluding diaryl/α,β-unsaturated/α-hetero) is 1.